The van der Waals surface area contributed by atoms with Crippen LogP contribution in [0.2, 0.25) is 0 Å². The van der Waals surface area contributed by atoms with Crippen LogP contribution in [0.4, 0.5) is 0 Å². The lowest BCUT2D eigenvalue weighted by atomic mass is 10.1. The molecule has 1 N–H and O–H groups in total. The van der Waals surface area contributed by atoms with Crippen molar-refractivity contribution in [1.29, 1.82) is 0 Å². The second-order valence-corrected chi connectivity index (χ2v) is 4.64. The predicted molar refractivity (Wildman–Crippen MR) is 80.8 cm³/mol. The fourth-order valence-corrected chi connectivity index (χ4v) is 2.13. The van der Waals surface area contributed by atoms with Crippen LogP contribution in [0.5, 0.6) is 0 Å². The van der Waals surface area contributed by atoms with E-state index in [1.807, 2.05) is 19.2 Å². The number of esters is 1. The van der Waals surface area contributed by atoms with Crippen LogP contribution >= 0.6 is 12.4 Å². The van der Waals surface area contributed by atoms with Gasteiger partial charge < -0.3 is 10.1 Å². The highest BCUT2D eigenvalue weighted by atomic mass is 35.5. The van der Waals surface area contributed by atoms with Crippen molar-refractivity contribution in [2.75, 3.05) is 19.7 Å². The highest BCUT2D eigenvalue weighted by Crippen LogP contribution is 2.12. The van der Waals surface area contributed by atoms with E-state index in [-0.39, 0.29) is 18.4 Å². The second-order valence-electron chi connectivity index (χ2n) is 4.64. The molecule has 5 nitrogen and oxygen atoms in total. The molecule has 2 heterocycles. The fourth-order valence-electron chi connectivity index (χ4n) is 2.13. The molecule has 20 heavy (non-hydrogen) atoms. The van der Waals surface area contributed by atoms with E-state index >= 15 is 0 Å². The van der Waals surface area contributed by atoms with Crippen molar-refractivity contribution >= 4 is 24.5 Å². The molecule has 0 aliphatic carbocycles. The number of carbonyl (C=O) groups is 1. The van der Waals surface area contributed by atoms with Gasteiger partial charge >= 0.3 is 5.97 Å². The topological polar surface area (TPSA) is 56.1 Å². The molecule has 1 saturated heterocycles. The minimum atomic E-state index is -0.172. The summed E-state index contributed by atoms with van der Waals surface area (Å²) in [4.78, 5) is 11.3. The summed E-state index contributed by atoms with van der Waals surface area (Å²) in [6.07, 6.45) is 6.74. The number of halogens is 1. The number of hydrogen-bond acceptors (Lipinski definition) is 4. The van der Waals surface area contributed by atoms with Gasteiger partial charge in [0.15, 0.2) is 0 Å². The van der Waals surface area contributed by atoms with Crippen molar-refractivity contribution in [2.45, 2.75) is 32.7 Å². The van der Waals surface area contributed by atoms with Crippen LogP contribution in [0, 0.1) is 0 Å². The summed E-state index contributed by atoms with van der Waals surface area (Å²) in [7, 11) is 0. The number of ether oxygens (including phenoxy) is 1. The number of nitrogens with one attached hydrogen (secondary N) is 1. The van der Waals surface area contributed by atoms with Crippen LogP contribution in [0.3, 0.4) is 0 Å². The Bertz CT molecular complexity index is 449. The molecule has 1 aliphatic rings. The highest BCUT2D eigenvalue weighted by molar-refractivity contribution is 5.85. The Morgan fingerprint density at radius 2 is 2.45 bits per heavy atom. The third-order valence-corrected chi connectivity index (χ3v) is 3.07. The van der Waals surface area contributed by atoms with Gasteiger partial charge in [0, 0.05) is 12.7 Å². The summed E-state index contributed by atoms with van der Waals surface area (Å²) in [6, 6.07) is 1.98. The van der Waals surface area contributed by atoms with E-state index in [2.05, 4.69) is 16.5 Å². The molecule has 0 amide bonds. The SMILES string of the molecule is CCOC(=O)CCn1ccc(C=C2CCCNC2)n1.Cl. The van der Waals surface area contributed by atoms with Crippen molar-refractivity contribution in [3.05, 3.63) is 23.5 Å². The van der Waals surface area contributed by atoms with Crippen LogP contribution in [-0.2, 0) is 16.1 Å². The van der Waals surface area contributed by atoms with Crippen molar-refractivity contribution in [3.63, 3.8) is 0 Å². The Morgan fingerprint density at radius 3 is 3.15 bits per heavy atom. The maximum absolute atomic E-state index is 11.3. The van der Waals surface area contributed by atoms with Gasteiger partial charge in [0.05, 0.1) is 25.3 Å². The fraction of sp³-hybridized carbons (Fsp3) is 0.571. The van der Waals surface area contributed by atoms with Gasteiger partial charge in [0.1, 0.15) is 0 Å². The van der Waals surface area contributed by atoms with E-state index in [0.717, 1.165) is 25.2 Å². The summed E-state index contributed by atoms with van der Waals surface area (Å²) >= 11 is 0. The molecule has 1 aliphatic heterocycles. The highest BCUT2D eigenvalue weighted by Gasteiger charge is 2.06. The zero-order valence-corrected chi connectivity index (χ0v) is 12.6. The summed E-state index contributed by atoms with van der Waals surface area (Å²) < 4.78 is 6.68. The molecule has 0 bridgehead atoms. The molecule has 2 rings (SSSR count). The largest absolute Gasteiger partial charge is 0.466 e. The Balaban J connectivity index is 0.00000200. The average molecular weight is 300 g/mol. The molecular weight excluding hydrogens is 278 g/mol. The van der Waals surface area contributed by atoms with Crippen LogP contribution in [0.25, 0.3) is 6.08 Å². The van der Waals surface area contributed by atoms with Crippen molar-refractivity contribution in [1.82, 2.24) is 15.1 Å². The number of nitrogens with zero attached hydrogens (tertiary/aromatic N) is 2. The van der Waals surface area contributed by atoms with E-state index in [0.29, 0.717) is 19.6 Å². The summed E-state index contributed by atoms with van der Waals surface area (Å²) in [5, 5.41) is 7.79. The van der Waals surface area contributed by atoms with E-state index in [1.54, 1.807) is 4.68 Å². The molecule has 0 unspecified atom stereocenters. The van der Waals surface area contributed by atoms with Gasteiger partial charge in [-0.3, -0.25) is 9.48 Å². The van der Waals surface area contributed by atoms with Gasteiger partial charge in [-0.1, -0.05) is 5.57 Å². The minimum Gasteiger partial charge on any atom is -0.466 e. The first-order chi connectivity index (χ1) is 9.28. The van der Waals surface area contributed by atoms with Gasteiger partial charge in [-0.2, -0.15) is 5.10 Å². The molecule has 0 saturated carbocycles. The standard InChI is InChI=1S/C14H21N3O2.ClH/c1-2-19-14(18)6-9-17-8-5-13(16-17)10-12-4-3-7-15-11-12;/h5,8,10,15H,2-4,6-7,9,11H2,1H3;1H. The zero-order chi connectivity index (χ0) is 13.5. The molecule has 0 aromatic carbocycles. The summed E-state index contributed by atoms with van der Waals surface area (Å²) in [5.41, 5.74) is 2.35. The van der Waals surface area contributed by atoms with Gasteiger partial charge in [0.25, 0.3) is 0 Å². The number of piperidine rings is 1. The maximum Gasteiger partial charge on any atom is 0.307 e. The normalized spacial score (nSPS) is 16.8. The third-order valence-electron chi connectivity index (χ3n) is 3.07. The first kappa shape index (κ1) is 16.7. The average Bonchev–Trinajstić information content (AvgIpc) is 2.86. The van der Waals surface area contributed by atoms with Crippen molar-refractivity contribution < 1.29 is 9.53 Å². The van der Waals surface area contributed by atoms with E-state index < -0.39 is 0 Å². The molecule has 1 fully saturated rings. The van der Waals surface area contributed by atoms with Crippen LogP contribution in [-0.4, -0.2) is 35.4 Å². The van der Waals surface area contributed by atoms with E-state index in [1.165, 1.54) is 12.0 Å². The number of aromatic nitrogens is 2. The Kier molecular flexibility index (Phi) is 7.33. The first-order valence-electron chi connectivity index (χ1n) is 6.87. The summed E-state index contributed by atoms with van der Waals surface area (Å²) in [6.45, 7) is 4.87. The molecule has 0 spiro atoms. The maximum atomic E-state index is 11.3. The van der Waals surface area contributed by atoms with E-state index in [4.69, 9.17) is 4.74 Å². The smallest absolute Gasteiger partial charge is 0.307 e. The number of hydrogen-bond donors (Lipinski definition) is 1. The number of aryl methyl sites for hydroxylation is 1. The van der Waals surface area contributed by atoms with Gasteiger partial charge in [0.2, 0.25) is 0 Å². The number of rotatable bonds is 5. The number of carbonyl (C=O) groups excluding carboxylic acids is 1. The third kappa shape index (κ3) is 5.35. The Morgan fingerprint density at radius 1 is 1.60 bits per heavy atom. The molecule has 1 aromatic heterocycles. The lowest BCUT2D eigenvalue weighted by Gasteiger charge is -2.14. The Labute approximate surface area is 125 Å². The molecule has 1 aromatic rings. The van der Waals surface area contributed by atoms with Crippen LogP contribution in [0.15, 0.2) is 17.8 Å². The zero-order valence-electron chi connectivity index (χ0n) is 11.8. The van der Waals surface area contributed by atoms with Crippen molar-refractivity contribution in [3.8, 4) is 0 Å². The molecule has 112 valence electrons. The minimum absolute atomic E-state index is 0. The molecule has 6 heteroatoms. The van der Waals surface area contributed by atoms with Crippen LogP contribution < -0.4 is 5.32 Å². The lowest BCUT2D eigenvalue weighted by molar-refractivity contribution is -0.143. The molecular formula is C14H22ClN3O2. The predicted octanol–water partition coefficient (Wildman–Crippen LogP) is 2.02. The van der Waals surface area contributed by atoms with Crippen LogP contribution in [0.1, 0.15) is 31.9 Å². The molecule has 0 atom stereocenters. The van der Waals surface area contributed by atoms with Gasteiger partial charge in [-0.15, -0.1) is 12.4 Å². The first-order valence-corrected chi connectivity index (χ1v) is 6.87. The van der Waals surface area contributed by atoms with Gasteiger partial charge in [-0.25, -0.2) is 0 Å². The monoisotopic (exact) mass is 299 g/mol. The van der Waals surface area contributed by atoms with Gasteiger partial charge in [-0.05, 0) is 38.5 Å². The van der Waals surface area contributed by atoms with E-state index in [9.17, 15) is 4.79 Å². The Hall–Kier alpha value is -1.33. The van der Waals surface area contributed by atoms with Crippen molar-refractivity contribution in [2.24, 2.45) is 0 Å². The lowest BCUT2D eigenvalue weighted by Crippen LogP contribution is -2.23. The molecule has 0 radical (unpaired) electrons. The second kappa shape index (κ2) is 8.76. The quantitative estimate of drug-likeness (QED) is 0.845. The summed E-state index contributed by atoms with van der Waals surface area (Å²) in [5.74, 6) is -0.172.